The number of carbonyl (C=O) groups excluding carboxylic acids is 1. The third-order valence-corrected chi connectivity index (χ3v) is 5.09. The monoisotopic (exact) mass is 358 g/mol. The molecule has 6 heteroatoms. The van der Waals surface area contributed by atoms with Crippen molar-refractivity contribution in [3.05, 3.63) is 89.1 Å². The fourth-order valence-electron chi connectivity index (χ4n) is 3.78. The minimum Gasteiger partial charge on any atom is -0.416 e. The zero-order chi connectivity index (χ0) is 18.2. The first-order valence-electron chi connectivity index (χ1n) is 9.03. The van der Waals surface area contributed by atoms with Crippen molar-refractivity contribution in [3.8, 4) is 0 Å². The highest BCUT2D eigenvalue weighted by Gasteiger charge is 2.28. The number of hydrogen-bond donors (Lipinski definition) is 1. The van der Waals surface area contributed by atoms with Crippen LogP contribution >= 0.6 is 0 Å². The summed E-state index contributed by atoms with van der Waals surface area (Å²) in [6, 6.07) is 18.2. The molecule has 0 saturated heterocycles. The maximum absolute atomic E-state index is 13.0. The molecule has 134 valence electrons. The summed E-state index contributed by atoms with van der Waals surface area (Å²) in [7, 11) is 0. The zero-order valence-corrected chi connectivity index (χ0v) is 14.6. The van der Waals surface area contributed by atoms with Crippen molar-refractivity contribution >= 4 is 11.8 Å². The van der Waals surface area contributed by atoms with Crippen LogP contribution in [0.5, 0.6) is 0 Å². The predicted molar refractivity (Wildman–Crippen MR) is 99.5 cm³/mol. The molecule has 0 saturated carbocycles. The number of nitrogens with zero attached hydrogens (tertiary/aromatic N) is 3. The minimum absolute atomic E-state index is 0.00339. The lowest BCUT2D eigenvalue weighted by atomic mass is 10.1. The van der Waals surface area contributed by atoms with Crippen molar-refractivity contribution in [1.82, 2.24) is 19.9 Å². The van der Waals surface area contributed by atoms with Gasteiger partial charge in [0.15, 0.2) is 0 Å². The summed E-state index contributed by atoms with van der Waals surface area (Å²) in [6.07, 6.45) is 3.85. The fraction of sp³-hybridized carbons (Fsp3) is 0.190. The van der Waals surface area contributed by atoms with Crippen molar-refractivity contribution in [2.24, 2.45) is 0 Å². The van der Waals surface area contributed by atoms with E-state index in [-0.39, 0.29) is 17.7 Å². The number of aromatic nitrogens is 3. The molecule has 0 spiro atoms. The average molecular weight is 358 g/mol. The molecule has 0 bridgehead atoms. The Morgan fingerprint density at radius 1 is 1.15 bits per heavy atom. The highest BCUT2D eigenvalue weighted by atomic mass is 16.4. The first kappa shape index (κ1) is 15.8. The van der Waals surface area contributed by atoms with Gasteiger partial charge >= 0.3 is 5.84 Å². The van der Waals surface area contributed by atoms with Gasteiger partial charge in [-0.3, -0.25) is 4.79 Å². The molecule has 1 N–H and O–H groups in total. The van der Waals surface area contributed by atoms with E-state index in [0.29, 0.717) is 18.0 Å². The Hall–Kier alpha value is -3.41. The Kier molecular flexibility index (Phi) is 3.74. The van der Waals surface area contributed by atoms with E-state index in [2.05, 4.69) is 27.5 Å². The van der Waals surface area contributed by atoms with Crippen molar-refractivity contribution in [2.75, 3.05) is 0 Å². The summed E-state index contributed by atoms with van der Waals surface area (Å²) in [4.78, 5) is 17.1. The van der Waals surface area contributed by atoms with Crippen molar-refractivity contribution in [2.45, 2.75) is 25.3 Å². The molecular formula is C21H18N4O2. The Bertz CT molecular complexity index is 1110. The smallest absolute Gasteiger partial charge is 0.325 e. The topological polar surface area (TPSA) is 72.4 Å². The molecule has 2 aromatic heterocycles. The van der Waals surface area contributed by atoms with E-state index in [9.17, 15) is 4.79 Å². The van der Waals surface area contributed by atoms with Gasteiger partial charge in [0.1, 0.15) is 12.0 Å². The first-order chi connectivity index (χ1) is 13.3. The third-order valence-electron chi connectivity index (χ3n) is 5.09. The molecule has 1 amide bonds. The second-order valence-corrected chi connectivity index (χ2v) is 6.76. The highest BCUT2D eigenvalue weighted by molar-refractivity contribution is 5.93. The Morgan fingerprint density at radius 2 is 1.96 bits per heavy atom. The van der Waals surface area contributed by atoms with Crippen LogP contribution in [-0.4, -0.2) is 20.5 Å². The Balaban J connectivity index is 1.47. The number of oxazole rings is 1. The van der Waals surface area contributed by atoms with Crippen LogP contribution < -0.4 is 5.32 Å². The average Bonchev–Trinajstić information content (AvgIpc) is 3.39. The summed E-state index contributed by atoms with van der Waals surface area (Å²) in [5, 5.41) is 7.34. The number of aryl methyl sites for hydroxylation is 1. The maximum Gasteiger partial charge on any atom is 0.325 e. The lowest BCUT2D eigenvalue weighted by Crippen LogP contribution is -2.27. The molecule has 0 aliphatic heterocycles. The molecule has 4 aromatic rings. The molecule has 0 radical (unpaired) electrons. The van der Waals surface area contributed by atoms with Crippen LogP contribution in [0.25, 0.3) is 5.84 Å². The van der Waals surface area contributed by atoms with Crippen LogP contribution in [0.2, 0.25) is 0 Å². The van der Waals surface area contributed by atoms with Gasteiger partial charge in [-0.25, -0.2) is 0 Å². The quantitative estimate of drug-likeness (QED) is 0.607. The van der Waals surface area contributed by atoms with Crippen molar-refractivity contribution < 1.29 is 9.21 Å². The van der Waals surface area contributed by atoms with Gasteiger partial charge in [-0.05, 0) is 29.5 Å². The molecular weight excluding hydrogens is 340 g/mol. The van der Waals surface area contributed by atoms with E-state index in [1.54, 1.807) is 4.52 Å². The lowest BCUT2D eigenvalue weighted by molar-refractivity contribution is 0.0909. The SMILES string of the molecule is O=C(NC1CCc2ccccc21)c1oc2ncnn2c1Cc1ccccc1. The van der Waals surface area contributed by atoms with E-state index >= 15 is 0 Å². The number of nitrogens with one attached hydrogen (secondary N) is 1. The predicted octanol–water partition coefficient (Wildman–Crippen LogP) is 3.33. The van der Waals surface area contributed by atoms with Gasteiger partial charge in [-0.15, -0.1) is 0 Å². The van der Waals surface area contributed by atoms with E-state index in [0.717, 1.165) is 18.4 Å². The highest BCUT2D eigenvalue weighted by Crippen LogP contribution is 2.31. The third kappa shape index (κ3) is 2.79. The second kappa shape index (κ2) is 6.39. The van der Waals surface area contributed by atoms with Crippen LogP contribution in [0.15, 0.2) is 65.3 Å². The summed E-state index contributed by atoms with van der Waals surface area (Å²) in [5.74, 6) is 0.381. The molecule has 1 aliphatic rings. The fourth-order valence-corrected chi connectivity index (χ4v) is 3.78. The molecule has 6 nitrogen and oxygen atoms in total. The van der Waals surface area contributed by atoms with Gasteiger partial charge < -0.3 is 9.73 Å². The number of carbonyl (C=O) groups is 1. The molecule has 1 unspecified atom stereocenters. The number of amides is 1. The Labute approximate surface area is 155 Å². The van der Waals surface area contributed by atoms with Crippen molar-refractivity contribution in [3.63, 3.8) is 0 Å². The van der Waals surface area contributed by atoms with Gasteiger partial charge in [-0.1, -0.05) is 54.6 Å². The summed E-state index contributed by atoms with van der Waals surface area (Å²) in [6.45, 7) is 0. The van der Waals surface area contributed by atoms with Crippen LogP contribution in [-0.2, 0) is 12.8 Å². The van der Waals surface area contributed by atoms with Crippen LogP contribution in [0.1, 0.15) is 45.4 Å². The van der Waals surface area contributed by atoms with Gasteiger partial charge in [0, 0.05) is 6.42 Å². The molecule has 5 rings (SSSR count). The van der Waals surface area contributed by atoms with E-state index in [4.69, 9.17) is 4.42 Å². The number of benzene rings is 2. The summed E-state index contributed by atoms with van der Waals surface area (Å²) in [5.41, 5.74) is 4.27. The number of hydrogen-bond acceptors (Lipinski definition) is 4. The standard InChI is InChI=1S/C21H18N4O2/c26-20(24-17-11-10-15-8-4-5-9-16(15)17)19-18(12-14-6-2-1-3-7-14)25-21(27-19)22-13-23-25/h1-9,13,17H,10-12H2,(H,24,26). The van der Waals surface area contributed by atoms with E-state index in [1.165, 1.54) is 17.5 Å². The molecule has 1 atom stereocenters. The molecule has 0 fully saturated rings. The summed E-state index contributed by atoms with van der Waals surface area (Å²) < 4.78 is 7.35. The summed E-state index contributed by atoms with van der Waals surface area (Å²) >= 11 is 0. The van der Waals surface area contributed by atoms with Gasteiger partial charge in [0.25, 0.3) is 5.91 Å². The second-order valence-electron chi connectivity index (χ2n) is 6.76. The number of fused-ring (bicyclic) bond motifs is 2. The zero-order valence-electron chi connectivity index (χ0n) is 14.6. The van der Waals surface area contributed by atoms with E-state index in [1.807, 2.05) is 42.5 Å². The van der Waals surface area contributed by atoms with Gasteiger partial charge in [0.05, 0.1) is 6.04 Å². The largest absolute Gasteiger partial charge is 0.416 e. The van der Waals surface area contributed by atoms with Gasteiger partial charge in [0.2, 0.25) is 5.76 Å². The lowest BCUT2D eigenvalue weighted by Gasteiger charge is -2.13. The molecule has 1 aliphatic carbocycles. The Morgan fingerprint density at radius 3 is 2.85 bits per heavy atom. The normalized spacial score (nSPS) is 15.8. The first-order valence-corrected chi connectivity index (χ1v) is 9.03. The molecule has 27 heavy (non-hydrogen) atoms. The van der Waals surface area contributed by atoms with E-state index < -0.39 is 0 Å². The van der Waals surface area contributed by atoms with Crippen LogP contribution in [0, 0.1) is 0 Å². The molecule has 2 heterocycles. The minimum atomic E-state index is -0.227. The van der Waals surface area contributed by atoms with Crippen LogP contribution in [0.3, 0.4) is 0 Å². The van der Waals surface area contributed by atoms with Crippen molar-refractivity contribution in [1.29, 1.82) is 0 Å². The van der Waals surface area contributed by atoms with Crippen LogP contribution in [0.4, 0.5) is 0 Å². The number of rotatable bonds is 4. The van der Waals surface area contributed by atoms with Gasteiger partial charge in [-0.2, -0.15) is 14.6 Å². The maximum atomic E-state index is 13.0. The molecule has 2 aromatic carbocycles.